The first-order valence-electron chi connectivity index (χ1n) is 11.8. The summed E-state index contributed by atoms with van der Waals surface area (Å²) in [7, 11) is 0. The number of benzene rings is 2. The van der Waals surface area contributed by atoms with Gasteiger partial charge in [0.15, 0.2) is 5.78 Å². The molecule has 0 bridgehead atoms. The van der Waals surface area contributed by atoms with Gasteiger partial charge in [-0.2, -0.15) is 74.5 Å². The first-order chi connectivity index (χ1) is 16.3. The number of ketones is 1. The minimum atomic E-state index is -3.41. The van der Waals surface area contributed by atoms with Gasteiger partial charge in [0, 0.05) is 13.8 Å². The van der Waals surface area contributed by atoms with Crippen LogP contribution in [0.1, 0.15) is 77.0 Å². The standard InChI is InChI=1S/C12H17.C8H11F2NO2.C8H7F2.U/c1-3-5-8-12-10-7-6-9-11(12)4-2;1-5(12)8(3-4-8)11-6(13)7(2,9)10;1-8(9,10)7-5-3-2-4-6-7;/h7,9-10H,3-5,8H2,1-2H3;3-4H2,1-2H3,(H,11,13);3-6H,1H3;/q-1;;-1;+2. The summed E-state index contributed by atoms with van der Waals surface area (Å²) in [5.74, 6) is -7.77. The summed E-state index contributed by atoms with van der Waals surface area (Å²) in [6, 6.07) is 17.8. The Morgan fingerprint density at radius 2 is 1.53 bits per heavy atom. The van der Waals surface area contributed by atoms with Crippen LogP contribution in [0.25, 0.3) is 0 Å². The summed E-state index contributed by atoms with van der Waals surface area (Å²) >= 11 is 0. The number of carbonyl (C=O) groups excluding carboxylic acids is 2. The van der Waals surface area contributed by atoms with Gasteiger partial charge >= 0.3 is 37.0 Å². The summed E-state index contributed by atoms with van der Waals surface area (Å²) in [5.41, 5.74) is 2.02. The number of rotatable bonds is 8. The number of nitrogens with one attached hydrogen (secondary N) is 1. The minimum Gasteiger partial charge on any atom is -0.338 e. The second-order valence-electron chi connectivity index (χ2n) is 8.81. The van der Waals surface area contributed by atoms with Crippen LogP contribution < -0.4 is 5.32 Å². The van der Waals surface area contributed by atoms with Crippen molar-refractivity contribution in [3.63, 3.8) is 0 Å². The van der Waals surface area contributed by atoms with Crippen LogP contribution in [0.4, 0.5) is 17.6 Å². The summed E-state index contributed by atoms with van der Waals surface area (Å²) in [4.78, 5) is 21.7. The molecule has 196 valence electrons. The van der Waals surface area contributed by atoms with Crippen molar-refractivity contribution in [3.05, 3.63) is 71.3 Å². The van der Waals surface area contributed by atoms with E-state index >= 15 is 0 Å². The van der Waals surface area contributed by atoms with E-state index in [9.17, 15) is 27.2 Å². The second-order valence-corrected chi connectivity index (χ2v) is 8.81. The SMILES string of the molecule is CC(=O)C1(NC(=O)C(C)(F)F)CC1.CC(F)(F)c1cc[c-]cc1.CCCCc1cc[c-]cc1CC.[U+2]. The maximum absolute atomic E-state index is 12.4. The number of Topliss-reactive ketones (excluding diaryl/α,β-unsaturated/α-hetero) is 1. The molecule has 2 aromatic carbocycles. The van der Waals surface area contributed by atoms with Crippen molar-refractivity contribution in [1.82, 2.24) is 5.32 Å². The first kappa shape index (κ1) is 34.4. The summed E-state index contributed by atoms with van der Waals surface area (Å²) < 4.78 is 49.7. The van der Waals surface area contributed by atoms with Crippen LogP contribution in [0, 0.1) is 43.2 Å². The molecule has 0 atom stereocenters. The van der Waals surface area contributed by atoms with Gasteiger partial charge in [0.1, 0.15) is 0 Å². The van der Waals surface area contributed by atoms with E-state index in [2.05, 4.69) is 43.4 Å². The van der Waals surface area contributed by atoms with Crippen molar-refractivity contribution in [1.29, 1.82) is 0 Å². The fraction of sp³-hybridized carbons (Fsp3) is 0.500. The molecule has 2 aromatic rings. The Kier molecular flexibility index (Phi) is 14.9. The molecule has 1 amide bonds. The van der Waals surface area contributed by atoms with Crippen molar-refractivity contribution < 1.29 is 58.3 Å². The third kappa shape index (κ3) is 12.1. The number of halogens is 4. The van der Waals surface area contributed by atoms with Gasteiger partial charge in [-0.3, -0.25) is 9.59 Å². The number of carbonyl (C=O) groups is 2. The van der Waals surface area contributed by atoms with Gasteiger partial charge in [-0.15, -0.1) is 0 Å². The number of amides is 1. The Morgan fingerprint density at radius 1 is 0.972 bits per heavy atom. The zero-order valence-electron chi connectivity index (χ0n) is 21.6. The average Bonchev–Trinajstić information content (AvgIpc) is 3.59. The monoisotopic (exact) mass is 731 g/mol. The van der Waals surface area contributed by atoms with Crippen LogP contribution in [0.15, 0.2) is 42.5 Å². The van der Waals surface area contributed by atoms with Crippen LogP contribution in [-0.4, -0.2) is 23.2 Å². The molecule has 0 aromatic heterocycles. The molecule has 1 saturated carbocycles. The zero-order valence-corrected chi connectivity index (χ0v) is 25.8. The van der Waals surface area contributed by atoms with Crippen molar-refractivity contribution in [3.8, 4) is 0 Å². The number of alkyl halides is 4. The summed E-state index contributed by atoms with van der Waals surface area (Å²) in [5, 5.41) is 2.07. The molecular weight excluding hydrogens is 696 g/mol. The predicted octanol–water partition coefficient (Wildman–Crippen LogP) is 6.87. The van der Waals surface area contributed by atoms with Crippen LogP contribution >= 0.6 is 0 Å². The molecule has 8 heteroatoms. The smallest absolute Gasteiger partial charge is 0.338 e. The number of unbranched alkanes of at least 4 members (excludes halogenated alkanes) is 1. The maximum atomic E-state index is 12.4. The van der Waals surface area contributed by atoms with Gasteiger partial charge in [0.05, 0.1) is 5.54 Å². The molecule has 0 unspecified atom stereocenters. The van der Waals surface area contributed by atoms with E-state index in [0.29, 0.717) is 19.8 Å². The molecule has 0 heterocycles. The van der Waals surface area contributed by atoms with Gasteiger partial charge in [0.2, 0.25) is 5.92 Å². The first-order valence-corrected chi connectivity index (χ1v) is 11.8. The van der Waals surface area contributed by atoms with Gasteiger partial charge in [-0.05, 0) is 19.8 Å². The van der Waals surface area contributed by atoms with Crippen LogP contribution in [0.2, 0.25) is 0 Å². The van der Waals surface area contributed by atoms with E-state index in [1.165, 1.54) is 61.6 Å². The van der Waals surface area contributed by atoms with Gasteiger partial charge < -0.3 is 5.32 Å². The molecule has 1 aliphatic rings. The quantitative estimate of drug-likeness (QED) is 0.238. The Morgan fingerprint density at radius 3 is 1.92 bits per heavy atom. The Hall–Kier alpha value is -1.65. The second kappa shape index (κ2) is 15.6. The van der Waals surface area contributed by atoms with E-state index in [-0.39, 0.29) is 42.5 Å². The molecule has 1 fully saturated rings. The normalized spacial score (nSPS) is 13.6. The van der Waals surface area contributed by atoms with Crippen molar-refractivity contribution >= 4 is 11.7 Å². The summed E-state index contributed by atoms with van der Waals surface area (Å²) in [6.45, 7) is 7.13. The van der Waals surface area contributed by atoms with Crippen molar-refractivity contribution in [2.75, 3.05) is 0 Å². The third-order valence-corrected chi connectivity index (χ3v) is 5.63. The van der Waals surface area contributed by atoms with E-state index < -0.39 is 23.3 Å². The fourth-order valence-corrected chi connectivity index (χ4v) is 3.13. The van der Waals surface area contributed by atoms with Crippen LogP contribution in [0.3, 0.4) is 0 Å². The Labute approximate surface area is 236 Å². The topological polar surface area (TPSA) is 46.2 Å². The number of hydrogen-bond acceptors (Lipinski definition) is 2. The van der Waals surface area contributed by atoms with Crippen LogP contribution in [-0.2, 0) is 28.4 Å². The van der Waals surface area contributed by atoms with E-state index in [1.807, 2.05) is 6.07 Å². The molecule has 1 N–H and O–H groups in total. The van der Waals surface area contributed by atoms with E-state index in [0.717, 1.165) is 13.3 Å². The molecule has 3 rings (SSSR count). The number of hydrogen-bond donors (Lipinski definition) is 1. The Balaban J connectivity index is 0.000000507. The van der Waals surface area contributed by atoms with Crippen molar-refractivity contribution in [2.24, 2.45) is 0 Å². The summed E-state index contributed by atoms with van der Waals surface area (Å²) in [6.07, 6.45) is 5.87. The van der Waals surface area contributed by atoms with Gasteiger partial charge in [-0.25, -0.2) is 8.78 Å². The average molecular weight is 732 g/mol. The molecule has 0 spiro atoms. The van der Waals surface area contributed by atoms with Crippen LogP contribution in [0.5, 0.6) is 0 Å². The molecule has 0 radical (unpaired) electrons. The molecule has 1 aliphatic carbocycles. The molecule has 0 saturated heterocycles. The molecule has 3 nitrogen and oxygen atoms in total. The third-order valence-electron chi connectivity index (χ3n) is 5.63. The maximum Gasteiger partial charge on any atom is 2.00 e. The predicted molar refractivity (Wildman–Crippen MR) is 130 cm³/mol. The molecule has 36 heavy (non-hydrogen) atoms. The number of aryl methyl sites for hydroxylation is 2. The van der Waals surface area contributed by atoms with E-state index in [4.69, 9.17) is 0 Å². The fourth-order valence-electron chi connectivity index (χ4n) is 3.13. The zero-order chi connectivity index (χ0) is 26.7. The van der Waals surface area contributed by atoms with E-state index in [1.54, 1.807) is 0 Å². The molecular formula is C28H35F4NO2U. The minimum absolute atomic E-state index is 0. The Bertz CT molecular complexity index is 937. The largest absolute Gasteiger partial charge is 2.00 e. The molecule has 0 aliphatic heterocycles. The van der Waals surface area contributed by atoms with Gasteiger partial charge in [0.25, 0.3) is 5.91 Å². The van der Waals surface area contributed by atoms with Crippen molar-refractivity contribution in [2.45, 2.75) is 90.5 Å². The van der Waals surface area contributed by atoms with Gasteiger partial charge in [-0.1, -0.05) is 45.1 Å².